The van der Waals surface area contributed by atoms with E-state index >= 15 is 0 Å². The molecule has 0 aliphatic carbocycles. The van der Waals surface area contributed by atoms with Crippen molar-refractivity contribution in [1.29, 1.82) is 5.26 Å². The molecule has 37 heavy (non-hydrogen) atoms. The number of allylic oxidation sites excluding steroid dienone is 3. The molecule has 0 atom stereocenters. The first-order valence-corrected chi connectivity index (χ1v) is 13.2. The van der Waals surface area contributed by atoms with E-state index in [0.717, 1.165) is 44.4 Å². The lowest BCUT2D eigenvalue weighted by molar-refractivity contribution is 0.604. The molecule has 0 aliphatic heterocycles. The molecule has 192 valence electrons. The number of pyridine rings is 1. The van der Waals surface area contributed by atoms with E-state index in [0.29, 0.717) is 6.42 Å². The largest absolute Gasteiger partial charge is 0.264 e. The number of hydrogen-bond acceptors (Lipinski definition) is 6. The Kier molecular flexibility index (Phi) is 12.6. The maximum atomic E-state index is 11.2. The predicted octanol–water partition coefficient (Wildman–Crippen LogP) is 6.63. The van der Waals surface area contributed by atoms with Crippen molar-refractivity contribution in [2.75, 3.05) is 5.75 Å². The quantitative estimate of drug-likeness (QED) is 0.351. The van der Waals surface area contributed by atoms with Gasteiger partial charge in [0.25, 0.3) is 0 Å². The minimum Gasteiger partial charge on any atom is -0.264 e. The van der Waals surface area contributed by atoms with Crippen LogP contribution in [0, 0.1) is 18.3 Å². The van der Waals surface area contributed by atoms with E-state index in [1.165, 1.54) is 5.56 Å². The number of sulfone groups is 1. The van der Waals surface area contributed by atoms with Crippen LogP contribution >= 0.6 is 0 Å². The zero-order valence-electron chi connectivity index (χ0n) is 22.0. The minimum absolute atomic E-state index is 0.114. The normalized spacial score (nSPS) is 9.92. The van der Waals surface area contributed by atoms with Crippen molar-refractivity contribution in [2.24, 2.45) is 0 Å². The molecule has 2 aromatic heterocycles. The highest BCUT2D eigenvalue weighted by Gasteiger charge is 2.05. The third-order valence-electron chi connectivity index (χ3n) is 4.99. The molecule has 7 heteroatoms. The number of nitriles is 1. The number of nitrogens with zero attached hydrogens (tertiary/aromatic N) is 4. The average Bonchev–Trinajstić information content (AvgIpc) is 2.88. The molecule has 0 spiro atoms. The molecule has 0 saturated heterocycles. The van der Waals surface area contributed by atoms with Crippen LogP contribution in [0.3, 0.4) is 0 Å². The fourth-order valence-electron chi connectivity index (χ4n) is 2.69. The highest BCUT2D eigenvalue weighted by molar-refractivity contribution is 7.94. The number of rotatable bonds is 7. The highest BCUT2D eigenvalue weighted by atomic mass is 32.2. The second-order valence-electron chi connectivity index (χ2n) is 8.48. The van der Waals surface area contributed by atoms with Gasteiger partial charge in [-0.15, -0.1) is 0 Å². The molecule has 1 aromatic carbocycles. The minimum atomic E-state index is -3.10. The predicted molar refractivity (Wildman–Crippen MR) is 154 cm³/mol. The second-order valence-corrected chi connectivity index (χ2v) is 10.5. The van der Waals surface area contributed by atoms with Crippen LogP contribution in [0.4, 0.5) is 0 Å². The number of aryl methyl sites for hydroxylation is 2. The van der Waals surface area contributed by atoms with Gasteiger partial charge in [0.15, 0.2) is 9.84 Å². The summed E-state index contributed by atoms with van der Waals surface area (Å²) >= 11 is 0. The van der Waals surface area contributed by atoms with Crippen LogP contribution in [-0.2, 0) is 16.3 Å². The summed E-state index contributed by atoms with van der Waals surface area (Å²) in [6.07, 6.45) is 7.37. The number of aromatic nitrogens is 3. The van der Waals surface area contributed by atoms with Gasteiger partial charge in [-0.05, 0) is 73.6 Å². The van der Waals surface area contributed by atoms with Gasteiger partial charge in [0.05, 0.1) is 5.75 Å². The Hall–Kier alpha value is -4.15. The van der Waals surface area contributed by atoms with Gasteiger partial charge in [-0.1, -0.05) is 56.2 Å². The Balaban J connectivity index is 0.000000288. The van der Waals surface area contributed by atoms with E-state index in [9.17, 15) is 8.42 Å². The molecule has 0 radical (unpaired) electrons. The van der Waals surface area contributed by atoms with Crippen molar-refractivity contribution in [1.82, 2.24) is 15.0 Å². The molecule has 2 heterocycles. The Morgan fingerprint density at radius 1 is 0.892 bits per heavy atom. The van der Waals surface area contributed by atoms with Crippen molar-refractivity contribution >= 4 is 26.6 Å². The van der Waals surface area contributed by atoms with Gasteiger partial charge < -0.3 is 0 Å². The molecular formula is C30H34N4O2S. The second kappa shape index (κ2) is 15.1. The van der Waals surface area contributed by atoms with Crippen molar-refractivity contribution in [3.05, 3.63) is 120 Å². The van der Waals surface area contributed by atoms with Crippen LogP contribution in [-0.4, -0.2) is 29.1 Å². The van der Waals surface area contributed by atoms with Gasteiger partial charge in [-0.2, -0.15) is 5.26 Å². The van der Waals surface area contributed by atoms with Crippen LogP contribution in [0.2, 0.25) is 0 Å². The van der Waals surface area contributed by atoms with E-state index in [2.05, 4.69) is 47.3 Å². The first kappa shape index (κ1) is 30.9. The van der Waals surface area contributed by atoms with Crippen LogP contribution < -0.4 is 0 Å². The van der Waals surface area contributed by atoms with E-state index < -0.39 is 9.84 Å². The maximum absolute atomic E-state index is 11.2. The Bertz CT molecular complexity index is 1380. The lowest BCUT2D eigenvalue weighted by Gasteiger charge is -2.03. The molecule has 0 fully saturated rings. The molecule has 0 aliphatic rings. The fourth-order valence-corrected chi connectivity index (χ4v) is 3.38. The van der Waals surface area contributed by atoms with Crippen molar-refractivity contribution in [3.63, 3.8) is 0 Å². The topological polar surface area (TPSA) is 96.6 Å². The lowest BCUT2D eigenvalue weighted by Crippen LogP contribution is -2.04. The summed E-state index contributed by atoms with van der Waals surface area (Å²) in [4.78, 5) is 11.6. The average molecular weight is 515 g/mol. The summed E-state index contributed by atoms with van der Waals surface area (Å²) in [5.74, 6) is 0.304. The number of benzene rings is 1. The summed E-state index contributed by atoms with van der Waals surface area (Å²) in [6, 6.07) is 11.7. The molecule has 0 bridgehead atoms. The van der Waals surface area contributed by atoms with Gasteiger partial charge in [0.1, 0.15) is 6.07 Å². The van der Waals surface area contributed by atoms with Gasteiger partial charge in [0.2, 0.25) is 5.82 Å². The molecule has 0 saturated carbocycles. The first-order chi connectivity index (χ1) is 17.4. The monoisotopic (exact) mass is 514 g/mol. The standard InChI is InChI=1S/C13H16O2S.C9H11N.C8H7N3/c1-4-16(14,15)10-9-12-5-7-13(8-6-12)11(2)3;1-7(2)9-4-8(3)5-10-6-9;1-6(2)7-4-10-8(3-9)11-5-7/h4-8H,1-2,9-10H2,3H3;4-6H,1H2,2-3H3;4-5H,1H2,2H3. The highest BCUT2D eigenvalue weighted by Crippen LogP contribution is 2.13. The molecule has 0 amide bonds. The van der Waals surface area contributed by atoms with Crippen molar-refractivity contribution < 1.29 is 8.42 Å². The van der Waals surface area contributed by atoms with Gasteiger partial charge in [0, 0.05) is 35.8 Å². The smallest absolute Gasteiger partial charge is 0.232 e. The zero-order valence-corrected chi connectivity index (χ0v) is 22.8. The van der Waals surface area contributed by atoms with Crippen molar-refractivity contribution in [2.45, 2.75) is 34.1 Å². The maximum Gasteiger partial charge on any atom is 0.232 e. The van der Waals surface area contributed by atoms with Crippen LogP contribution in [0.25, 0.3) is 16.7 Å². The first-order valence-electron chi connectivity index (χ1n) is 11.4. The molecular weight excluding hydrogens is 480 g/mol. The Morgan fingerprint density at radius 2 is 1.43 bits per heavy atom. The summed E-state index contributed by atoms with van der Waals surface area (Å²) in [7, 11) is -3.10. The van der Waals surface area contributed by atoms with Gasteiger partial charge in [-0.3, -0.25) is 4.98 Å². The molecule has 0 N–H and O–H groups in total. The molecule has 3 rings (SSSR count). The lowest BCUT2D eigenvalue weighted by atomic mass is 10.1. The SMILES string of the molecule is C=C(C)c1cnc(C#N)nc1.C=C(C)c1cncc(C)c1.C=CS(=O)(=O)CCc1ccc(C(=C)C)cc1. The molecule has 3 aromatic rings. The summed E-state index contributed by atoms with van der Waals surface area (Å²) in [5.41, 5.74) is 8.23. The third-order valence-corrected chi connectivity index (χ3v) is 6.27. The molecule has 6 nitrogen and oxygen atoms in total. The van der Waals surface area contributed by atoms with Gasteiger partial charge >= 0.3 is 0 Å². The van der Waals surface area contributed by atoms with Gasteiger partial charge in [-0.25, -0.2) is 18.4 Å². The van der Waals surface area contributed by atoms with E-state index in [4.69, 9.17) is 5.26 Å². The van der Waals surface area contributed by atoms with Crippen LogP contribution in [0.5, 0.6) is 0 Å². The Labute approximate surface area is 221 Å². The summed E-state index contributed by atoms with van der Waals surface area (Å²) in [5, 5.41) is 9.38. The fraction of sp³-hybridized carbons (Fsp3) is 0.200. The summed E-state index contributed by atoms with van der Waals surface area (Å²) < 4.78 is 22.4. The summed E-state index contributed by atoms with van der Waals surface area (Å²) in [6.45, 7) is 22.5. The van der Waals surface area contributed by atoms with E-state index in [1.54, 1.807) is 12.4 Å². The third kappa shape index (κ3) is 11.9. The number of hydrogen-bond donors (Lipinski definition) is 0. The molecule has 0 unspecified atom stereocenters. The van der Waals surface area contributed by atoms with Crippen molar-refractivity contribution in [3.8, 4) is 6.07 Å². The van der Waals surface area contributed by atoms with E-state index in [-0.39, 0.29) is 11.6 Å². The van der Waals surface area contributed by atoms with E-state index in [1.807, 2.05) is 70.4 Å². The Morgan fingerprint density at radius 3 is 1.84 bits per heavy atom. The van der Waals surface area contributed by atoms with Crippen LogP contribution in [0.15, 0.2) is 86.8 Å². The zero-order chi connectivity index (χ0) is 28.0. The van der Waals surface area contributed by atoms with Crippen LogP contribution in [0.1, 0.15) is 54.4 Å².